The zero-order valence-electron chi connectivity index (χ0n) is 15.8. The van der Waals surface area contributed by atoms with Crippen molar-refractivity contribution in [2.24, 2.45) is 0 Å². The van der Waals surface area contributed by atoms with Gasteiger partial charge in [-0.05, 0) is 55.0 Å². The van der Waals surface area contributed by atoms with Crippen molar-refractivity contribution in [3.05, 3.63) is 57.8 Å². The van der Waals surface area contributed by atoms with E-state index in [0.29, 0.717) is 29.1 Å². The van der Waals surface area contributed by atoms with Crippen LogP contribution in [0, 0.1) is 0 Å². The summed E-state index contributed by atoms with van der Waals surface area (Å²) in [5.74, 6) is 1.10. The van der Waals surface area contributed by atoms with Gasteiger partial charge in [-0.1, -0.05) is 6.07 Å². The summed E-state index contributed by atoms with van der Waals surface area (Å²) in [6.45, 7) is 0.449. The molecule has 0 radical (unpaired) electrons. The van der Waals surface area contributed by atoms with E-state index >= 15 is 0 Å². The molecule has 0 bridgehead atoms. The minimum Gasteiger partial charge on any atom is -0.454 e. The maximum atomic E-state index is 12.8. The number of fused-ring (bicyclic) bond motifs is 3. The van der Waals surface area contributed by atoms with Gasteiger partial charge in [-0.25, -0.2) is 9.97 Å². The number of nitrogens with zero attached hydrogens (tertiary/aromatic N) is 3. The molecule has 2 aliphatic rings. The summed E-state index contributed by atoms with van der Waals surface area (Å²) in [6.07, 6.45) is 5.48. The largest absolute Gasteiger partial charge is 0.454 e. The van der Waals surface area contributed by atoms with Gasteiger partial charge < -0.3 is 14.8 Å². The van der Waals surface area contributed by atoms with Crippen LogP contribution in [0.25, 0.3) is 11.0 Å². The highest BCUT2D eigenvalue weighted by Gasteiger charge is 2.16. The highest BCUT2D eigenvalue weighted by atomic mass is 16.7. The first-order valence-electron chi connectivity index (χ1n) is 9.70. The van der Waals surface area contributed by atoms with Gasteiger partial charge in [-0.3, -0.25) is 14.2 Å². The lowest BCUT2D eigenvalue weighted by atomic mass is 9.95. The summed E-state index contributed by atoms with van der Waals surface area (Å²) in [5.41, 5.74) is 3.26. The predicted molar refractivity (Wildman–Crippen MR) is 105 cm³/mol. The lowest BCUT2D eigenvalue weighted by Crippen LogP contribution is -2.32. The number of rotatable bonds is 4. The number of pyridine rings is 1. The van der Waals surface area contributed by atoms with Crippen LogP contribution in [-0.2, 0) is 30.7 Å². The maximum Gasteiger partial charge on any atom is 0.263 e. The molecule has 148 valence electrons. The van der Waals surface area contributed by atoms with E-state index in [-0.39, 0.29) is 24.8 Å². The number of carbonyl (C=O) groups is 1. The first kappa shape index (κ1) is 17.7. The Labute approximate surface area is 166 Å². The molecule has 8 nitrogen and oxygen atoms in total. The number of ether oxygens (including phenoxy) is 2. The number of carbonyl (C=O) groups excluding carboxylic acids is 1. The highest BCUT2D eigenvalue weighted by molar-refractivity contribution is 5.77. The fraction of sp³-hybridized carbons (Fsp3) is 0.333. The fourth-order valence-electron chi connectivity index (χ4n) is 3.78. The third-order valence-electron chi connectivity index (χ3n) is 5.33. The van der Waals surface area contributed by atoms with Crippen LogP contribution in [0.1, 0.15) is 29.7 Å². The molecule has 8 heteroatoms. The second-order valence-electron chi connectivity index (χ2n) is 7.31. The molecule has 3 heterocycles. The van der Waals surface area contributed by atoms with Crippen LogP contribution in [-0.4, -0.2) is 27.2 Å². The van der Waals surface area contributed by atoms with Crippen LogP contribution < -0.4 is 20.3 Å². The first-order chi connectivity index (χ1) is 14.2. The molecular formula is C21H20N4O4. The van der Waals surface area contributed by atoms with Crippen molar-refractivity contribution in [2.45, 2.75) is 38.8 Å². The summed E-state index contributed by atoms with van der Waals surface area (Å²) < 4.78 is 12.0. The second-order valence-corrected chi connectivity index (χ2v) is 7.31. The number of hydrogen-bond donors (Lipinski definition) is 1. The Morgan fingerprint density at radius 3 is 2.93 bits per heavy atom. The molecule has 0 unspecified atom stereocenters. The van der Waals surface area contributed by atoms with Gasteiger partial charge in [0, 0.05) is 12.2 Å². The van der Waals surface area contributed by atoms with Crippen molar-refractivity contribution in [3.8, 4) is 11.5 Å². The molecule has 1 aliphatic carbocycles. The molecule has 1 amide bonds. The zero-order chi connectivity index (χ0) is 19.8. The maximum absolute atomic E-state index is 12.8. The van der Waals surface area contributed by atoms with Crippen LogP contribution in [0.4, 0.5) is 0 Å². The normalized spacial score (nSPS) is 14.6. The molecule has 0 saturated carbocycles. The molecule has 1 N–H and O–H groups in total. The first-order valence-corrected chi connectivity index (χ1v) is 9.70. The SMILES string of the molecule is O=C(Cn1cnc2nc3c(cc2c1=O)CCCC3)NCc1ccc2c(c1)OCO2. The van der Waals surface area contributed by atoms with Crippen LogP contribution in [0.3, 0.4) is 0 Å². The quantitative estimate of drug-likeness (QED) is 0.726. The van der Waals surface area contributed by atoms with Gasteiger partial charge in [0.25, 0.3) is 5.56 Å². The molecule has 5 rings (SSSR count). The van der Waals surface area contributed by atoms with Gasteiger partial charge >= 0.3 is 0 Å². The summed E-state index contributed by atoms with van der Waals surface area (Å²) in [7, 11) is 0. The van der Waals surface area contributed by atoms with E-state index in [1.165, 1.54) is 10.9 Å². The van der Waals surface area contributed by atoms with Gasteiger partial charge in [0.1, 0.15) is 12.9 Å². The lowest BCUT2D eigenvalue weighted by molar-refractivity contribution is -0.121. The van der Waals surface area contributed by atoms with Gasteiger partial charge in [-0.15, -0.1) is 0 Å². The smallest absolute Gasteiger partial charge is 0.263 e. The van der Waals surface area contributed by atoms with Crippen LogP contribution in [0.15, 0.2) is 35.4 Å². The Morgan fingerprint density at radius 2 is 2.00 bits per heavy atom. The summed E-state index contributed by atoms with van der Waals surface area (Å²) >= 11 is 0. The van der Waals surface area contributed by atoms with E-state index in [0.717, 1.165) is 42.5 Å². The van der Waals surface area contributed by atoms with E-state index in [2.05, 4.69) is 15.3 Å². The van der Waals surface area contributed by atoms with E-state index in [1.807, 2.05) is 24.3 Å². The van der Waals surface area contributed by atoms with Crippen molar-refractivity contribution < 1.29 is 14.3 Å². The second kappa shape index (κ2) is 7.20. The van der Waals surface area contributed by atoms with E-state index in [9.17, 15) is 9.59 Å². The molecule has 29 heavy (non-hydrogen) atoms. The summed E-state index contributed by atoms with van der Waals surface area (Å²) in [6, 6.07) is 7.41. The number of nitrogens with one attached hydrogen (secondary N) is 1. The van der Waals surface area contributed by atoms with Gasteiger partial charge in [0.05, 0.1) is 5.39 Å². The van der Waals surface area contributed by atoms with Gasteiger partial charge in [-0.2, -0.15) is 0 Å². The minimum atomic E-state index is -0.267. The number of hydrogen-bond acceptors (Lipinski definition) is 6. The predicted octanol–water partition coefficient (Wildman–Crippen LogP) is 1.72. The molecule has 1 aliphatic heterocycles. The Kier molecular flexibility index (Phi) is 4.38. The number of amides is 1. The van der Waals surface area contributed by atoms with Crippen molar-refractivity contribution in [2.75, 3.05) is 6.79 Å². The minimum absolute atomic E-state index is 0.0938. The topological polar surface area (TPSA) is 95.3 Å². The Bertz CT molecular complexity index is 1170. The average Bonchev–Trinajstić information content (AvgIpc) is 3.21. The zero-order valence-corrected chi connectivity index (χ0v) is 15.8. The number of benzene rings is 1. The summed E-state index contributed by atoms with van der Waals surface area (Å²) in [5, 5.41) is 3.29. The van der Waals surface area contributed by atoms with Crippen LogP contribution in [0.2, 0.25) is 0 Å². The molecule has 0 saturated heterocycles. The molecule has 0 atom stereocenters. The molecule has 1 aromatic carbocycles. The van der Waals surface area contributed by atoms with Crippen LogP contribution >= 0.6 is 0 Å². The highest BCUT2D eigenvalue weighted by Crippen LogP contribution is 2.32. The molecule has 0 spiro atoms. The third-order valence-corrected chi connectivity index (χ3v) is 5.33. The molecular weight excluding hydrogens is 372 g/mol. The van der Waals surface area contributed by atoms with E-state index in [1.54, 1.807) is 0 Å². The van der Waals surface area contributed by atoms with Crippen molar-refractivity contribution in [3.63, 3.8) is 0 Å². The molecule has 0 fully saturated rings. The monoisotopic (exact) mass is 392 g/mol. The third kappa shape index (κ3) is 3.41. The summed E-state index contributed by atoms with van der Waals surface area (Å²) in [4.78, 5) is 34.1. The van der Waals surface area contributed by atoms with Crippen molar-refractivity contribution in [1.82, 2.24) is 19.9 Å². The standard InChI is InChI=1S/C21H20N4O4/c26-19(22-9-13-5-6-17-18(7-13)29-12-28-17)10-25-11-23-20-15(21(25)27)8-14-3-1-2-4-16(14)24-20/h5-8,11H,1-4,9-10,12H2,(H,22,26). The Morgan fingerprint density at radius 1 is 1.14 bits per heavy atom. The van der Waals surface area contributed by atoms with Crippen molar-refractivity contribution >= 4 is 16.9 Å². The number of aromatic nitrogens is 3. The van der Waals surface area contributed by atoms with E-state index in [4.69, 9.17) is 9.47 Å². The fourth-order valence-corrected chi connectivity index (χ4v) is 3.78. The number of aryl methyl sites for hydroxylation is 2. The molecule has 2 aromatic heterocycles. The average molecular weight is 392 g/mol. The molecule has 3 aromatic rings. The van der Waals surface area contributed by atoms with Gasteiger partial charge in [0.15, 0.2) is 17.1 Å². The lowest BCUT2D eigenvalue weighted by Gasteiger charge is -2.15. The Balaban J connectivity index is 1.31. The van der Waals surface area contributed by atoms with Crippen molar-refractivity contribution in [1.29, 1.82) is 0 Å². The van der Waals surface area contributed by atoms with Crippen LogP contribution in [0.5, 0.6) is 11.5 Å². The van der Waals surface area contributed by atoms with Gasteiger partial charge in [0.2, 0.25) is 12.7 Å². The Hall–Kier alpha value is -3.42. The van der Waals surface area contributed by atoms with E-state index < -0.39 is 0 Å².